The highest BCUT2D eigenvalue weighted by Crippen LogP contribution is 2.28. The molecule has 4 aromatic rings. The molecule has 3 aromatic heterocycles. The number of carbonyl (C=O) groups excluding carboxylic acids is 1. The van der Waals surface area contributed by atoms with Gasteiger partial charge in [-0.05, 0) is 44.2 Å². The van der Waals surface area contributed by atoms with Gasteiger partial charge in [-0.2, -0.15) is 0 Å². The van der Waals surface area contributed by atoms with Gasteiger partial charge in [0.1, 0.15) is 22.9 Å². The molecular weight excluding hydrogens is 473 g/mol. The number of aromatic nitrogens is 4. The Kier molecular flexibility index (Phi) is 5.86. The molecule has 1 aliphatic rings. The standard InChI is InChI=1S/C25H21ClFN5O3/c1-15-13-30(14-28-15)21-8-9-22-25(34)31(10-11-32(22)24(21)33)16(2)20-4-3-5-23(29-20)35-17-6-7-18(26)19(27)12-17/h3-9,12-14,16H,10-11H2,1-2H3/t16-/m0/s1. The first-order chi connectivity index (χ1) is 16.8. The van der Waals surface area contributed by atoms with E-state index in [0.717, 1.165) is 5.69 Å². The highest BCUT2D eigenvalue weighted by molar-refractivity contribution is 6.30. The van der Waals surface area contributed by atoms with Crippen LogP contribution in [0.15, 0.2) is 65.8 Å². The van der Waals surface area contributed by atoms with Gasteiger partial charge in [-0.25, -0.2) is 14.4 Å². The van der Waals surface area contributed by atoms with Gasteiger partial charge < -0.3 is 18.8 Å². The number of hydrogen-bond acceptors (Lipinski definition) is 5. The summed E-state index contributed by atoms with van der Waals surface area (Å²) in [4.78, 5) is 36.7. The molecular formula is C25H21ClFN5O3. The summed E-state index contributed by atoms with van der Waals surface area (Å²) in [5.41, 5.74) is 1.91. The number of carbonyl (C=O) groups is 1. The van der Waals surface area contributed by atoms with Crippen molar-refractivity contribution in [2.75, 3.05) is 6.54 Å². The number of amides is 1. The van der Waals surface area contributed by atoms with E-state index >= 15 is 0 Å². The van der Waals surface area contributed by atoms with Crippen LogP contribution in [0.1, 0.15) is 34.8 Å². The maximum absolute atomic E-state index is 13.7. The van der Waals surface area contributed by atoms with Crippen LogP contribution in [0, 0.1) is 12.7 Å². The number of halogens is 2. The Balaban J connectivity index is 1.39. The van der Waals surface area contributed by atoms with Crippen molar-refractivity contribution in [1.29, 1.82) is 0 Å². The fraction of sp³-hybridized carbons (Fsp3) is 0.200. The van der Waals surface area contributed by atoms with Gasteiger partial charge in [-0.15, -0.1) is 0 Å². The average Bonchev–Trinajstić information content (AvgIpc) is 3.28. The van der Waals surface area contributed by atoms with Crippen LogP contribution in [0.25, 0.3) is 5.69 Å². The predicted molar refractivity (Wildman–Crippen MR) is 128 cm³/mol. The quantitative estimate of drug-likeness (QED) is 0.407. The van der Waals surface area contributed by atoms with Crippen molar-refractivity contribution in [1.82, 2.24) is 24.0 Å². The Morgan fingerprint density at radius 1 is 1.11 bits per heavy atom. The van der Waals surface area contributed by atoms with Crippen LogP contribution in [0.5, 0.6) is 11.6 Å². The molecule has 1 amide bonds. The second-order valence-electron chi connectivity index (χ2n) is 8.24. The molecule has 4 heterocycles. The van der Waals surface area contributed by atoms with Crippen LogP contribution in [-0.4, -0.2) is 36.5 Å². The molecule has 0 N–H and O–H groups in total. The van der Waals surface area contributed by atoms with Crippen molar-refractivity contribution in [3.8, 4) is 17.3 Å². The first-order valence-electron chi connectivity index (χ1n) is 11.0. The van der Waals surface area contributed by atoms with E-state index in [0.29, 0.717) is 30.2 Å². The van der Waals surface area contributed by atoms with Crippen LogP contribution in [-0.2, 0) is 6.54 Å². The number of rotatable bonds is 5. The summed E-state index contributed by atoms with van der Waals surface area (Å²) in [6.07, 6.45) is 3.35. The Bertz CT molecular complexity index is 1500. The predicted octanol–water partition coefficient (Wildman–Crippen LogP) is 4.54. The zero-order valence-corrected chi connectivity index (χ0v) is 19.7. The van der Waals surface area contributed by atoms with E-state index in [2.05, 4.69) is 9.97 Å². The maximum Gasteiger partial charge on any atom is 0.275 e. The highest BCUT2D eigenvalue weighted by Gasteiger charge is 2.30. The first-order valence-corrected chi connectivity index (χ1v) is 11.4. The van der Waals surface area contributed by atoms with Crippen LogP contribution >= 0.6 is 11.6 Å². The van der Waals surface area contributed by atoms with Crippen LogP contribution in [0.2, 0.25) is 5.02 Å². The number of hydrogen-bond donors (Lipinski definition) is 0. The summed E-state index contributed by atoms with van der Waals surface area (Å²) in [6, 6.07) is 12.3. The second-order valence-corrected chi connectivity index (χ2v) is 8.64. The van der Waals surface area contributed by atoms with E-state index < -0.39 is 5.82 Å². The molecule has 0 saturated carbocycles. The first kappa shape index (κ1) is 22.8. The third-order valence-electron chi connectivity index (χ3n) is 5.94. The number of ether oxygens (including phenoxy) is 1. The summed E-state index contributed by atoms with van der Waals surface area (Å²) in [5, 5.41) is 0.00272. The summed E-state index contributed by atoms with van der Waals surface area (Å²) < 4.78 is 22.6. The SMILES string of the molecule is Cc1cn(-c2ccc3n(c2=O)CCN([C@@H](C)c2cccc(Oc4ccc(Cl)c(F)c4)n2)C3=O)cn1. The van der Waals surface area contributed by atoms with Gasteiger partial charge in [0.2, 0.25) is 5.88 Å². The Morgan fingerprint density at radius 3 is 2.69 bits per heavy atom. The molecule has 1 aliphatic heterocycles. The Morgan fingerprint density at radius 2 is 1.94 bits per heavy atom. The molecule has 1 aromatic carbocycles. The highest BCUT2D eigenvalue weighted by atomic mass is 35.5. The molecule has 5 rings (SSSR count). The van der Waals surface area contributed by atoms with Gasteiger partial charge in [-0.3, -0.25) is 9.59 Å². The molecule has 0 saturated heterocycles. The molecule has 0 spiro atoms. The summed E-state index contributed by atoms with van der Waals surface area (Å²) in [5.74, 6) is -0.331. The minimum absolute atomic E-state index is 0.00272. The lowest BCUT2D eigenvalue weighted by atomic mass is 10.1. The largest absolute Gasteiger partial charge is 0.439 e. The monoisotopic (exact) mass is 493 g/mol. The van der Waals surface area contributed by atoms with Crippen LogP contribution in [0.3, 0.4) is 0 Å². The van der Waals surface area contributed by atoms with Gasteiger partial charge in [0, 0.05) is 31.4 Å². The second kappa shape index (κ2) is 8.99. The van der Waals surface area contributed by atoms with Gasteiger partial charge >= 0.3 is 0 Å². The lowest BCUT2D eigenvalue weighted by Gasteiger charge is -2.34. The smallest absolute Gasteiger partial charge is 0.275 e. The van der Waals surface area contributed by atoms with Gasteiger partial charge in [0.25, 0.3) is 11.5 Å². The molecule has 35 heavy (non-hydrogen) atoms. The molecule has 0 bridgehead atoms. The average molecular weight is 494 g/mol. The summed E-state index contributed by atoms with van der Waals surface area (Å²) in [6.45, 7) is 4.40. The van der Waals surface area contributed by atoms with Crippen molar-refractivity contribution >= 4 is 17.5 Å². The lowest BCUT2D eigenvalue weighted by Crippen LogP contribution is -2.46. The van der Waals surface area contributed by atoms with E-state index in [1.165, 1.54) is 16.7 Å². The Hall–Kier alpha value is -3.98. The zero-order valence-electron chi connectivity index (χ0n) is 19.0. The fourth-order valence-electron chi connectivity index (χ4n) is 4.09. The molecule has 0 aliphatic carbocycles. The maximum atomic E-state index is 13.7. The van der Waals surface area contributed by atoms with Crippen molar-refractivity contribution < 1.29 is 13.9 Å². The molecule has 0 fully saturated rings. The minimum atomic E-state index is -0.590. The molecule has 178 valence electrons. The minimum Gasteiger partial charge on any atom is -0.439 e. The van der Waals surface area contributed by atoms with Crippen molar-refractivity contribution in [3.63, 3.8) is 0 Å². The number of aryl methyl sites for hydroxylation is 1. The van der Waals surface area contributed by atoms with E-state index in [-0.39, 0.29) is 34.2 Å². The van der Waals surface area contributed by atoms with Crippen LogP contribution < -0.4 is 10.3 Å². The molecule has 0 radical (unpaired) electrons. The van der Waals surface area contributed by atoms with Crippen molar-refractivity contribution in [3.05, 3.63) is 99.3 Å². The van der Waals surface area contributed by atoms with Crippen molar-refractivity contribution in [2.24, 2.45) is 0 Å². The van der Waals surface area contributed by atoms with E-state index in [1.807, 2.05) is 13.8 Å². The topological polar surface area (TPSA) is 82.3 Å². The lowest BCUT2D eigenvalue weighted by molar-refractivity contribution is 0.0623. The number of nitrogens with zero attached hydrogens (tertiary/aromatic N) is 5. The number of benzene rings is 1. The molecule has 0 unspecified atom stereocenters. The number of fused-ring (bicyclic) bond motifs is 1. The fourth-order valence-corrected chi connectivity index (χ4v) is 4.21. The zero-order chi connectivity index (χ0) is 24.7. The van der Waals surface area contributed by atoms with E-state index in [4.69, 9.17) is 16.3 Å². The van der Waals surface area contributed by atoms with E-state index in [9.17, 15) is 14.0 Å². The van der Waals surface area contributed by atoms with Gasteiger partial charge in [-0.1, -0.05) is 17.7 Å². The molecule has 10 heteroatoms. The third kappa shape index (κ3) is 4.30. The summed E-state index contributed by atoms with van der Waals surface area (Å²) in [7, 11) is 0. The van der Waals surface area contributed by atoms with Gasteiger partial charge in [0.05, 0.1) is 28.8 Å². The van der Waals surface area contributed by atoms with E-state index in [1.54, 1.807) is 58.4 Å². The molecule has 1 atom stereocenters. The Labute approximate surface area is 205 Å². The number of imidazole rings is 1. The molecule has 8 nitrogen and oxygen atoms in total. The van der Waals surface area contributed by atoms with Gasteiger partial charge in [0.15, 0.2) is 0 Å². The normalized spacial score (nSPS) is 14.1. The van der Waals surface area contributed by atoms with Crippen molar-refractivity contribution in [2.45, 2.75) is 26.4 Å². The third-order valence-corrected chi connectivity index (χ3v) is 6.25. The van der Waals surface area contributed by atoms with Crippen LogP contribution in [0.4, 0.5) is 4.39 Å². The number of pyridine rings is 2. The summed E-state index contributed by atoms with van der Waals surface area (Å²) >= 11 is 5.73.